The van der Waals surface area contributed by atoms with Gasteiger partial charge in [0.2, 0.25) is 11.9 Å². The molecular formula is C19H27N5O. The van der Waals surface area contributed by atoms with Gasteiger partial charge in [0.25, 0.3) is 0 Å². The molecule has 3 rings (SSSR count). The first-order chi connectivity index (χ1) is 12.1. The number of likely N-dealkylation sites (tertiary alicyclic amines) is 1. The average Bonchev–Trinajstić information content (AvgIpc) is 3.13. The number of carbonyl (C=O) groups excluding carboxylic acids is 1. The molecule has 0 saturated carbocycles. The third-order valence-electron chi connectivity index (χ3n) is 4.87. The number of hydrogen-bond acceptors (Lipinski definition) is 4. The zero-order valence-electron chi connectivity index (χ0n) is 15.0. The molecule has 2 aromatic rings. The van der Waals surface area contributed by atoms with Crippen LogP contribution in [0.5, 0.6) is 0 Å². The molecule has 0 bridgehead atoms. The summed E-state index contributed by atoms with van der Waals surface area (Å²) in [5.74, 6) is 0.975. The van der Waals surface area contributed by atoms with Crippen molar-refractivity contribution in [3.8, 4) is 0 Å². The Bertz CT molecular complexity index is 675. The number of amides is 1. The average molecular weight is 341 g/mol. The Kier molecular flexibility index (Phi) is 5.81. The van der Waals surface area contributed by atoms with Crippen molar-refractivity contribution in [1.29, 1.82) is 0 Å². The van der Waals surface area contributed by atoms with Gasteiger partial charge in [-0.1, -0.05) is 6.07 Å². The van der Waals surface area contributed by atoms with Gasteiger partial charge >= 0.3 is 0 Å². The third-order valence-corrected chi connectivity index (χ3v) is 4.87. The number of aryl methyl sites for hydroxylation is 1. The van der Waals surface area contributed by atoms with Crippen molar-refractivity contribution in [2.75, 3.05) is 18.4 Å². The number of imidazole rings is 1. The first kappa shape index (κ1) is 17.6. The summed E-state index contributed by atoms with van der Waals surface area (Å²) in [6, 6.07) is 6.82. The van der Waals surface area contributed by atoms with Crippen molar-refractivity contribution < 1.29 is 4.79 Å². The second-order valence-electron chi connectivity index (χ2n) is 6.94. The fraction of sp³-hybridized carbons (Fsp3) is 0.526. The smallest absolute Gasteiger partial charge is 0.227 e. The molecule has 0 atom stereocenters. The Morgan fingerprint density at radius 2 is 2.16 bits per heavy atom. The summed E-state index contributed by atoms with van der Waals surface area (Å²) in [5.41, 5.74) is 2.16. The molecule has 0 aliphatic carbocycles. The van der Waals surface area contributed by atoms with Crippen LogP contribution in [0.25, 0.3) is 0 Å². The van der Waals surface area contributed by atoms with Crippen LogP contribution in [0.2, 0.25) is 0 Å². The minimum Gasteiger partial charge on any atom is -0.331 e. The maximum absolute atomic E-state index is 12.0. The summed E-state index contributed by atoms with van der Waals surface area (Å²) >= 11 is 0. The molecule has 0 unspecified atom stereocenters. The van der Waals surface area contributed by atoms with E-state index < -0.39 is 0 Å². The number of carbonyl (C=O) groups is 1. The Balaban J connectivity index is 1.52. The van der Waals surface area contributed by atoms with Crippen LogP contribution < -0.4 is 5.32 Å². The normalized spacial score (nSPS) is 16.3. The van der Waals surface area contributed by atoms with E-state index in [0.29, 0.717) is 30.7 Å². The summed E-state index contributed by atoms with van der Waals surface area (Å²) in [4.78, 5) is 26.2. The van der Waals surface area contributed by atoms with Crippen LogP contribution in [0.15, 0.2) is 30.6 Å². The van der Waals surface area contributed by atoms with E-state index in [-0.39, 0.29) is 5.91 Å². The lowest BCUT2D eigenvalue weighted by atomic mass is 9.92. The van der Waals surface area contributed by atoms with E-state index in [1.807, 2.05) is 6.07 Å². The maximum Gasteiger partial charge on any atom is 0.227 e. The lowest BCUT2D eigenvalue weighted by molar-refractivity contribution is -0.116. The number of pyridine rings is 1. The highest BCUT2D eigenvalue weighted by Crippen LogP contribution is 2.27. The Morgan fingerprint density at radius 3 is 2.84 bits per heavy atom. The first-order valence-electron chi connectivity index (χ1n) is 9.11. The monoisotopic (exact) mass is 341 g/mol. The molecular weight excluding hydrogens is 314 g/mol. The first-order valence-corrected chi connectivity index (χ1v) is 9.11. The van der Waals surface area contributed by atoms with Gasteiger partial charge in [-0.3, -0.25) is 15.1 Å². The van der Waals surface area contributed by atoms with E-state index in [0.717, 1.165) is 31.6 Å². The number of H-pyrrole nitrogens is 1. The number of nitrogens with one attached hydrogen (secondary N) is 2. The van der Waals surface area contributed by atoms with Crippen molar-refractivity contribution in [3.05, 3.63) is 42.0 Å². The second-order valence-corrected chi connectivity index (χ2v) is 6.94. The minimum absolute atomic E-state index is 0.0487. The highest BCUT2D eigenvalue weighted by Gasteiger charge is 2.23. The molecule has 134 valence electrons. The summed E-state index contributed by atoms with van der Waals surface area (Å²) in [6.45, 7) is 6.79. The number of aromatic nitrogens is 3. The quantitative estimate of drug-likeness (QED) is 0.847. The number of rotatable bonds is 6. The molecule has 0 spiro atoms. The summed E-state index contributed by atoms with van der Waals surface area (Å²) in [6.07, 6.45) is 6.67. The van der Waals surface area contributed by atoms with E-state index >= 15 is 0 Å². The minimum atomic E-state index is -0.0487. The number of nitrogens with zero attached hydrogens (tertiary/aromatic N) is 3. The van der Waals surface area contributed by atoms with Crippen LogP contribution in [-0.4, -0.2) is 44.9 Å². The molecule has 2 aromatic heterocycles. The van der Waals surface area contributed by atoms with Gasteiger partial charge in [0.05, 0.1) is 0 Å². The second kappa shape index (κ2) is 8.25. The molecule has 6 heteroatoms. The Labute approximate surface area is 149 Å². The van der Waals surface area contributed by atoms with Crippen LogP contribution in [0.4, 0.5) is 5.95 Å². The molecule has 1 amide bonds. The van der Waals surface area contributed by atoms with Crippen molar-refractivity contribution >= 4 is 11.9 Å². The SMILES string of the molecule is CC(C)N1CCC(c2cccc(CCC(=O)Nc3ncc[nH]3)n2)CC1. The van der Waals surface area contributed by atoms with Gasteiger partial charge in [0, 0.05) is 42.2 Å². The molecule has 1 fully saturated rings. The molecule has 6 nitrogen and oxygen atoms in total. The number of anilines is 1. The van der Waals surface area contributed by atoms with Gasteiger partial charge in [-0.25, -0.2) is 4.98 Å². The fourth-order valence-corrected chi connectivity index (χ4v) is 3.35. The van der Waals surface area contributed by atoms with Gasteiger partial charge < -0.3 is 9.88 Å². The number of aromatic amines is 1. The molecule has 1 aliphatic rings. The van der Waals surface area contributed by atoms with Gasteiger partial charge in [-0.05, 0) is 58.3 Å². The molecule has 3 heterocycles. The van der Waals surface area contributed by atoms with Crippen molar-refractivity contribution in [3.63, 3.8) is 0 Å². The summed E-state index contributed by atoms with van der Waals surface area (Å²) in [5, 5.41) is 2.75. The Morgan fingerprint density at radius 1 is 1.36 bits per heavy atom. The van der Waals surface area contributed by atoms with E-state index in [1.165, 1.54) is 5.69 Å². The van der Waals surface area contributed by atoms with Gasteiger partial charge in [0.1, 0.15) is 0 Å². The van der Waals surface area contributed by atoms with Crippen LogP contribution >= 0.6 is 0 Å². The number of piperidine rings is 1. The number of hydrogen-bond donors (Lipinski definition) is 2. The lowest BCUT2D eigenvalue weighted by Gasteiger charge is -2.34. The Hall–Kier alpha value is -2.21. The molecule has 1 aliphatic heterocycles. The largest absolute Gasteiger partial charge is 0.331 e. The van der Waals surface area contributed by atoms with E-state index in [4.69, 9.17) is 4.98 Å². The molecule has 1 saturated heterocycles. The molecule has 2 N–H and O–H groups in total. The zero-order valence-corrected chi connectivity index (χ0v) is 15.0. The van der Waals surface area contributed by atoms with Crippen LogP contribution in [-0.2, 0) is 11.2 Å². The molecule has 0 radical (unpaired) electrons. The fourth-order valence-electron chi connectivity index (χ4n) is 3.35. The lowest BCUT2D eigenvalue weighted by Crippen LogP contribution is -2.38. The van der Waals surface area contributed by atoms with Gasteiger partial charge in [-0.2, -0.15) is 0 Å². The highest BCUT2D eigenvalue weighted by molar-refractivity contribution is 5.88. The standard InChI is InChI=1S/C19H27N5O/c1-14(2)24-12-8-15(9-13-24)17-5-3-4-16(22-17)6-7-18(25)23-19-20-10-11-21-19/h3-5,10-11,14-15H,6-9,12-13H2,1-2H3,(H2,20,21,23,25). The van der Waals surface area contributed by atoms with E-state index in [2.05, 4.69) is 46.2 Å². The van der Waals surface area contributed by atoms with Crippen LogP contribution in [0.3, 0.4) is 0 Å². The van der Waals surface area contributed by atoms with Crippen molar-refractivity contribution in [1.82, 2.24) is 19.9 Å². The van der Waals surface area contributed by atoms with Crippen molar-refractivity contribution in [2.24, 2.45) is 0 Å². The van der Waals surface area contributed by atoms with E-state index in [1.54, 1.807) is 12.4 Å². The predicted octanol–water partition coefficient (Wildman–Crippen LogP) is 2.96. The zero-order chi connectivity index (χ0) is 17.6. The predicted molar refractivity (Wildman–Crippen MR) is 98.5 cm³/mol. The maximum atomic E-state index is 12.0. The van der Waals surface area contributed by atoms with Crippen LogP contribution in [0, 0.1) is 0 Å². The topological polar surface area (TPSA) is 73.9 Å². The van der Waals surface area contributed by atoms with Gasteiger partial charge in [0.15, 0.2) is 0 Å². The third kappa shape index (κ3) is 4.89. The van der Waals surface area contributed by atoms with Gasteiger partial charge in [-0.15, -0.1) is 0 Å². The molecule has 25 heavy (non-hydrogen) atoms. The summed E-state index contributed by atoms with van der Waals surface area (Å²) in [7, 11) is 0. The van der Waals surface area contributed by atoms with Crippen LogP contribution in [0.1, 0.15) is 50.4 Å². The van der Waals surface area contributed by atoms with E-state index in [9.17, 15) is 4.79 Å². The summed E-state index contributed by atoms with van der Waals surface area (Å²) < 4.78 is 0. The molecule has 0 aromatic carbocycles. The van der Waals surface area contributed by atoms with Crippen molar-refractivity contribution in [2.45, 2.75) is 51.5 Å². The highest BCUT2D eigenvalue weighted by atomic mass is 16.1.